The Morgan fingerprint density at radius 2 is 1.85 bits per heavy atom. The van der Waals surface area contributed by atoms with Crippen molar-refractivity contribution >= 4 is 5.97 Å². The number of hydrogen-bond donors (Lipinski definition) is 1. The minimum Gasteiger partial charge on any atom is -0.497 e. The standard InChI is InChI=1S/C30H34O4/c1-19(29(31)32)25-14-11-21-10-12-24(17-27(21)25)34-18-20-9-13-26(28(15-20)30(2,3)4)22-7-6-8-23(16-22)33-5/h6-10,12-13,15-17,19,25H,11,14,18H2,1-5H3,(H,31,32)/t19-,25+/m0/s1. The van der Waals surface area contributed by atoms with Crippen LogP contribution in [-0.4, -0.2) is 18.2 Å². The average molecular weight is 459 g/mol. The lowest BCUT2D eigenvalue weighted by atomic mass is 9.81. The molecule has 2 atom stereocenters. The van der Waals surface area contributed by atoms with Crippen LogP contribution in [0.15, 0.2) is 60.7 Å². The van der Waals surface area contributed by atoms with Gasteiger partial charge in [0.2, 0.25) is 0 Å². The Bertz CT molecular complexity index is 1190. The van der Waals surface area contributed by atoms with E-state index >= 15 is 0 Å². The van der Waals surface area contributed by atoms with Crippen LogP contribution >= 0.6 is 0 Å². The summed E-state index contributed by atoms with van der Waals surface area (Å²) in [5.41, 5.74) is 7.01. The fraction of sp³-hybridized carbons (Fsp3) is 0.367. The largest absolute Gasteiger partial charge is 0.497 e. The summed E-state index contributed by atoms with van der Waals surface area (Å²) < 4.78 is 11.6. The van der Waals surface area contributed by atoms with Crippen LogP contribution < -0.4 is 9.47 Å². The lowest BCUT2D eigenvalue weighted by Crippen LogP contribution is -2.17. The van der Waals surface area contributed by atoms with Crippen molar-refractivity contribution in [3.8, 4) is 22.6 Å². The summed E-state index contributed by atoms with van der Waals surface area (Å²) in [4.78, 5) is 11.5. The Morgan fingerprint density at radius 3 is 2.56 bits per heavy atom. The lowest BCUT2D eigenvalue weighted by molar-refractivity contribution is -0.141. The van der Waals surface area contributed by atoms with Gasteiger partial charge in [0, 0.05) is 0 Å². The molecule has 0 heterocycles. The van der Waals surface area contributed by atoms with Crippen LogP contribution in [0, 0.1) is 5.92 Å². The lowest BCUT2D eigenvalue weighted by Gasteiger charge is -2.24. The van der Waals surface area contributed by atoms with E-state index in [1.807, 2.05) is 24.3 Å². The Morgan fingerprint density at radius 1 is 1.06 bits per heavy atom. The quantitative estimate of drug-likeness (QED) is 0.415. The molecule has 178 valence electrons. The summed E-state index contributed by atoms with van der Waals surface area (Å²) in [5, 5.41) is 9.48. The molecule has 1 aliphatic carbocycles. The highest BCUT2D eigenvalue weighted by Gasteiger charge is 2.31. The molecule has 0 bridgehead atoms. The van der Waals surface area contributed by atoms with Crippen LogP contribution in [0.25, 0.3) is 11.1 Å². The molecule has 0 saturated carbocycles. The number of carboxylic acids is 1. The van der Waals surface area contributed by atoms with Crippen molar-refractivity contribution in [2.45, 2.75) is 58.5 Å². The van der Waals surface area contributed by atoms with Crippen molar-refractivity contribution in [2.24, 2.45) is 5.92 Å². The van der Waals surface area contributed by atoms with Gasteiger partial charge in [-0.05, 0) is 81.8 Å². The molecule has 1 N–H and O–H groups in total. The number of fused-ring (bicyclic) bond motifs is 1. The van der Waals surface area contributed by atoms with Gasteiger partial charge in [0.15, 0.2) is 0 Å². The number of hydrogen-bond acceptors (Lipinski definition) is 3. The highest BCUT2D eigenvalue weighted by Crippen LogP contribution is 2.40. The number of aryl methyl sites for hydroxylation is 1. The maximum Gasteiger partial charge on any atom is 0.306 e. The Balaban J connectivity index is 1.57. The van der Waals surface area contributed by atoms with Crippen molar-refractivity contribution in [1.82, 2.24) is 0 Å². The van der Waals surface area contributed by atoms with Gasteiger partial charge in [-0.25, -0.2) is 0 Å². The highest BCUT2D eigenvalue weighted by atomic mass is 16.5. The molecule has 4 heteroatoms. The zero-order valence-corrected chi connectivity index (χ0v) is 20.7. The summed E-state index contributed by atoms with van der Waals surface area (Å²) in [5.74, 6) is 0.546. The van der Waals surface area contributed by atoms with Crippen molar-refractivity contribution < 1.29 is 19.4 Å². The van der Waals surface area contributed by atoms with Gasteiger partial charge in [-0.2, -0.15) is 0 Å². The third-order valence-electron chi connectivity index (χ3n) is 6.91. The first-order valence-corrected chi connectivity index (χ1v) is 11.9. The fourth-order valence-electron chi connectivity index (χ4n) is 4.90. The maximum absolute atomic E-state index is 11.5. The molecule has 0 unspecified atom stereocenters. The number of carboxylic acid groups (broad SMARTS) is 1. The number of rotatable bonds is 7. The molecule has 0 aliphatic heterocycles. The molecule has 4 nitrogen and oxygen atoms in total. The van der Waals surface area contributed by atoms with Gasteiger partial charge in [-0.3, -0.25) is 4.79 Å². The Hall–Kier alpha value is -3.27. The molecule has 1 aliphatic rings. The zero-order chi connectivity index (χ0) is 24.5. The van der Waals surface area contributed by atoms with Gasteiger partial charge in [0.25, 0.3) is 0 Å². The van der Waals surface area contributed by atoms with E-state index in [9.17, 15) is 9.90 Å². The van der Waals surface area contributed by atoms with Gasteiger partial charge in [0.1, 0.15) is 18.1 Å². The van der Waals surface area contributed by atoms with Crippen LogP contribution in [0.4, 0.5) is 0 Å². The molecule has 0 spiro atoms. The summed E-state index contributed by atoms with van der Waals surface area (Å²) in [6.45, 7) is 8.93. The third kappa shape index (κ3) is 4.96. The van der Waals surface area contributed by atoms with E-state index < -0.39 is 11.9 Å². The fourth-order valence-corrected chi connectivity index (χ4v) is 4.90. The normalized spacial score (nSPS) is 16.1. The van der Waals surface area contributed by atoms with E-state index in [-0.39, 0.29) is 11.3 Å². The van der Waals surface area contributed by atoms with Gasteiger partial charge in [0.05, 0.1) is 13.0 Å². The first kappa shape index (κ1) is 23.9. The number of carbonyl (C=O) groups is 1. The molecular formula is C30H34O4. The van der Waals surface area contributed by atoms with Crippen molar-refractivity contribution in [2.75, 3.05) is 7.11 Å². The Labute approximate surface area is 202 Å². The van der Waals surface area contributed by atoms with Gasteiger partial charge < -0.3 is 14.6 Å². The smallest absolute Gasteiger partial charge is 0.306 e. The number of ether oxygens (including phenoxy) is 2. The van der Waals surface area contributed by atoms with Crippen LogP contribution in [0.3, 0.4) is 0 Å². The van der Waals surface area contributed by atoms with Gasteiger partial charge in [-0.1, -0.05) is 64.1 Å². The molecule has 4 rings (SSSR count). The molecule has 0 fully saturated rings. The monoisotopic (exact) mass is 458 g/mol. The molecule has 0 amide bonds. The first-order chi connectivity index (χ1) is 16.2. The first-order valence-electron chi connectivity index (χ1n) is 11.9. The van der Waals surface area contributed by atoms with Crippen molar-refractivity contribution in [1.29, 1.82) is 0 Å². The number of aliphatic carboxylic acids is 1. The second-order valence-corrected chi connectivity index (χ2v) is 10.3. The second-order valence-electron chi connectivity index (χ2n) is 10.3. The van der Waals surface area contributed by atoms with Crippen LogP contribution in [0.2, 0.25) is 0 Å². The predicted octanol–water partition coefficient (Wildman–Crippen LogP) is 6.99. The van der Waals surface area contributed by atoms with Gasteiger partial charge in [-0.15, -0.1) is 0 Å². The predicted molar refractivity (Wildman–Crippen MR) is 136 cm³/mol. The Kier molecular flexibility index (Phi) is 6.70. The molecule has 34 heavy (non-hydrogen) atoms. The van der Waals surface area contributed by atoms with E-state index in [2.05, 4.69) is 57.2 Å². The third-order valence-corrected chi connectivity index (χ3v) is 6.91. The molecule has 3 aromatic carbocycles. The zero-order valence-electron chi connectivity index (χ0n) is 20.7. The molecule has 0 saturated heterocycles. The van der Waals surface area contributed by atoms with Crippen LogP contribution in [-0.2, 0) is 23.2 Å². The van der Waals surface area contributed by atoms with E-state index in [0.717, 1.165) is 41.0 Å². The van der Waals surface area contributed by atoms with Crippen molar-refractivity contribution in [3.05, 3.63) is 82.9 Å². The highest BCUT2D eigenvalue weighted by molar-refractivity contribution is 5.72. The number of benzene rings is 3. The van der Waals surface area contributed by atoms with E-state index in [1.54, 1.807) is 14.0 Å². The van der Waals surface area contributed by atoms with E-state index in [4.69, 9.17) is 9.47 Å². The molecular weight excluding hydrogens is 424 g/mol. The minimum atomic E-state index is -0.741. The summed E-state index contributed by atoms with van der Waals surface area (Å²) in [6.07, 6.45) is 1.81. The minimum absolute atomic E-state index is 0.0395. The van der Waals surface area contributed by atoms with Crippen LogP contribution in [0.1, 0.15) is 62.3 Å². The molecule has 3 aromatic rings. The number of methoxy groups -OCH3 is 1. The molecule has 0 radical (unpaired) electrons. The van der Waals surface area contributed by atoms with E-state index in [1.165, 1.54) is 16.7 Å². The topological polar surface area (TPSA) is 55.8 Å². The maximum atomic E-state index is 11.5. The summed E-state index contributed by atoms with van der Waals surface area (Å²) >= 11 is 0. The molecule has 0 aromatic heterocycles. The van der Waals surface area contributed by atoms with Crippen molar-refractivity contribution in [3.63, 3.8) is 0 Å². The van der Waals surface area contributed by atoms with Crippen LogP contribution in [0.5, 0.6) is 11.5 Å². The SMILES string of the molecule is COc1cccc(-c2ccc(COc3ccc4c(c3)[C@@H]([C@H](C)C(=O)O)CC4)cc2C(C)(C)C)c1. The average Bonchev–Trinajstić information content (AvgIpc) is 3.24. The summed E-state index contributed by atoms with van der Waals surface area (Å²) in [7, 11) is 1.69. The second kappa shape index (κ2) is 9.54. The summed E-state index contributed by atoms with van der Waals surface area (Å²) in [6, 6.07) is 20.8. The van der Waals surface area contributed by atoms with E-state index in [0.29, 0.717) is 6.61 Å². The van der Waals surface area contributed by atoms with Gasteiger partial charge >= 0.3 is 5.97 Å².